The summed E-state index contributed by atoms with van der Waals surface area (Å²) in [7, 11) is 0. The highest BCUT2D eigenvalue weighted by molar-refractivity contribution is 5.91. The molecule has 98 valence electrons. The Morgan fingerprint density at radius 2 is 2.28 bits per heavy atom. The summed E-state index contributed by atoms with van der Waals surface area (Å²) in [5.74, 6) is -0.102. The van der Waals surface area contributed by atoms with Gasteiger partial charge >= 0.3 is 5.97 Å². The number of hydrogen-bond donors (Lipinski definition) is 0. The molecule has 3 heteroatoms. The Morgan fingerprint density at radius 3 is 3.06 bits per heavy atom. The van der Waals surface area contributed by atoms with Crippen LogP contribution in [0.5, 0.6) is 0 Å². The third-order valence-corrected chi connectivity index (χ3v) is 4.57. The third-order valence-electron chi connectivity index (χ3n) is 4.57. The number of fused-ring (bicyclic) bond motifs is 3. The Morgan fingerprint density at radius 1 is 1.50 bits per heavy atom. The first-order valence-corrected chi connectivity index (χ1v) is 6.74. The lowest BCUT2D eigenvalue weighted by Crippen LogP contribution is -2.28. The molecule has 3 rings (SSSR count). The van der Waals surface area contributed by atoms with E-state index in [2.05, 4.69) is 26.5 Å². The second kappa shape index (κ2) is 3.95. The highest BCUT2D eigenvalue weighted by Crippen LogP contribution is 2.49. The third kappa shape index (κ3) is 1.81. The molecule has 4 atom stereocenters. The smallest absolute Gasteiger partial charge is 0.334 e. The van der Waals surface area contributed by atoms with Gasteiger partial charge in [0.15, 0.2) is 0 Å². The zero-order valence-corrected chi connectivity index (χ0v) is 11.1. The van der Waals surface area contributed by atoms with Crippen LogP contribution in [0.15, 0.2) is 23.8 Å². The van der Waals surface area contributed by atoms with Gasteiger partial charge in [0.2, 0.25) is 0 Å². The molecule has 1 unspecified atom stereocenters. The highest BCUT2D eigenvalue weighted by Gasteiger charge is 2.61. The van der Waals surface area contributed by atoms with E-state index in [1.165, 1.54) is 5.57 Å². The van der Waals surface area contributed by atoms with E-state index in [1.54, 1.807) is 0 Å². The van der Waals surface area contributed by atoms with Crippen molar-refractivity contribution in [1.29, 1.82) is 0 Å². The summed E-state index contributed by atoms with van der Waals surface area (Å²) in [6.45, 7) is 8.17. The van der Waals surface area contributed by atoms with Gasteiger partial charge in [-0.25, -0.2) is 4.79 Å². The fourth-order valence-corrected chi connectivity index (χ4v) is 3.20. The highest BCUT2D eigenvalue weighted by atomic mass is 16.6. The molecule has 0 amide bonds. The van der Waals surface area contributed by atoms with Gasteiger partial charge in [-0.05, 0) is 39.5 Å². The van der Waals surface area contributed by atoms with Crippen LogP contribution in [0.3, 0.4) is 0 Å². The minimum atomic E-state index is -0.233. The summed E-state index contributed by atoms with van der Waals surface area (Å²) in [5.41, 5.74) is 1.91. The molecule has 2 aliphatic heterocycles. The molecule has 3 nitrogen and oxygen atoms in total. The van der Waals surface area contributed by atoms with E-state index < -0.39 is 0 Å². The molecule has 0 radical (unpaired) electrons. The van der Waals surface area contributed by atoms with Gasteiger partial charge in [-0.2, -0.15) is 0 Å². The van der Waals surface area contributed by atoms with E-state index in [9.17, 15) is 4.79 Å². The average molecular weight is 248 g/mol. The Balaban J connectivity index is 1.87. The van der Waals surface area contributed by atoms with Gasteiger partial charge in [-0.15, -0.1) is 0 Å². The lowest BCUT2D eigenvalue weighted by Gasteiger charge is -2.19. The number of carbonyl (C=O) groups excluding carboxylic acids is 1. The minimum Gasteiger partial charge on any atom is -0.455 e. The number of carbonyl (C=O) groups is 1. The molecule has 2 saturated heterocycles. The van der Waals surface area contributed by atoms with Gasteiger partial charge < -0.3 is 9.47 Å². The summed E-state index contributed by atoms with van der Waals surface area (Å²) >= 11 is 0. The number of allylic oxidation sites excluding steroid dienone is 2. The fraction of sp³-hybridized carbons (Fsp3) is 0.667. The largest absolute Gasteiger partial charge is 0.455 e. The maximum atomic E-state index is 11.7. The maximum absolute atomic E-state index is 11.7. The molecule has 3 aliphatic rings. The molecular weight excluding hydrogens is 228 g/mol. The first-order chi connectivity index (χ1) is 8.51. The quantitative estimate of drug-likeness (QED) is 0.286. The first kappa shape index (κ1) is 12.0. The molecule has 1 aliphatic carbocycles. The van der Waals surface area contributed by atoms with Gasteiger partial charge in [0.05, 0.1) is 5.60 Å². The van der Waals surface area contributed by atoms with Crippen molar-refractivity contribution in [3.63, 3.8) is 0 Å². The molecule has 0 aromatic rings. The summed E-state index contributed by atoms with van der Waals surface area (Å²) < 4.78 is 11.3. The van der Waals surface area contributed by atoms with Crippen LogP contribution in [-0.2, 0) is 14.3 Å². The van der Waals surface area contributed by atoms with Crippen LogP contribution in [0.1, 0.15) is 39.5 Å². The monoisotopic (exact) mass is 248 g/mol. The van der Waals surface area contributed by atoms with E-state index in [0.717, 1.165) is 25.7 Å². The van der Waals surface area contributed by atoms with Gasteiger partial charge in [-0.3, -0.25) is 0 Å². The maximum Gasteiger partial charge on any atom is 0.334 e. The molecule has 2 heterocycles. The van der Waals surface area contributed by atoms with Crippen LogP contribution in [-0.4, -0.2) is 23.8 Å². The molecule has 0 spiro atoms. The lowest BCUT2D eigenvalue weighted by molar-refractivity contribution is -0.140. The second-order valence-electron chi connectivity index (χ2n) is 5.98. The van der Waals surface area contributed by atoms with E-state index in [-0.39, 0.29) is 29.7 Å². The van der Waals surface area contributed by atoms with E-state index in [0.29, 0.717) is 5.57 Å². The van der Waals surface area contributed by atoms with Gasteiger partial charge in [0, 0.05) is 11.5 Å². The lowest BCUT2D eigenvalue weighted by atomic mass is 9.84. The van der Waals surface area contributed by atoms with Crippen molar-refractivity contribution >= 4 is 5.97 Å². The predicted octanol–water partition coefficient (Wildman–Crippen LogP) is 2.76. The van der Waals surface area contributed by atoms with Gasteiger partial charge in [0.25, 0.3) is 0 Å². The number of rotatable bonds is 0. The summed E-state index contributed by atoms with van der Waals surface area (Å²) in [5, 5.41) is 0. The summed E-state index contributed by atoms with van der Waals surface area (Å²) in [6.07, 6.45) is 6.25. The Bertz CT molecular complexity index is 437. The number of epoxide rings is 1. The SMILES string of the molecule is C=C1C(=O)O[C@@H]2C3O[C@@]3(C)CC/C=C(\C)CC[C@@H]12. The van der Waals surface area contributed by atoms with Crippen LogP contribution in [0.25, 0.3) is 0 Å². The van der Waals surface area contributed by atoms with Crippen molar-refractivity contribution in [2.24, 2.45) is 5.92 Å². The molecule has 0 N–H and O–H groups in total. The molecule has 0 saturated carbocycles. The number of ether oxygens (including phenoxy) is 2. The molecule has 18 heavy (non-hydrogen) atoms. The Labute approximate surface area is 108 Å². The van der Waals surface area contributed by atoms with Crippen molar-refractivity contribution < 1.29 is 14.3 Å². The normalized spacial score (nSPS) is 46.6. The van der Waals surface area contributed by atoms with Crippen molar-refractivity contribution in [2.45, 2.75) is 57.3 Å². The average Bonchev–Trinajstić information content (AvgIpc) is 2.90. The van der Waals surface area contributed by atoms with Gasteiger partial charge in [0.1, 0.15) is 12.2 Å². The topological polar surface area (TPSA) is 38.8 Å². The van der Waals surface area contributed by atoms with Crippen molar-refractivity contribution in [2.75, 3.05) is 0 Å². The zero-order chi connectivity index (χ0) is 12.9. The van der Waals surface area contributed by atoms with Crippen LogP contribution < -0.4 is 0 Å². The minimum absolute atomic E-state index is 0.0671. The molecule has 0 aromatic heterocycles. The number of hydrogen-bond acceptors (Lipinski definition) is 3. The van der Waals surface area contributed by atoms with Crippen molar-refractivity contribution in [3.8, 4) is 0 Å². The Kier molecular flexibility index (Phi) is 2.63. The summed E-state index contributed by atoms with van der Waals surface area (Å²) in [6, 6.07) is 0. The van der Waals surface area contributed by atoms with Crippen LogP contribution >= 0.6 is 0 Å². The fourth-order valence-electron chi connectivity index (χ4n) is 3.20. The van der Waals surface area contributed by atoms with E-state index in [1.807, 2.05) is 0 Å². The van der Waals surface area contributed by atoms with Crippen molar-refractivity contribution in [3.05, 3.63) is 23.8 Å². The molecule has 2 fully saturated rings. The van der Waals surface area contributed by atoms with Gasteiger partial charge in [-0.1, -0.05) is 18.2 Å². The van der Waals surface area contributed by atoms with Crippen LogP contribution in [0.2, 0.25) is 0 Å². The standard InChI is InChI=1S/C15H20O3/c1-9-5-4-8-15(3)13(18-15)12-11(7-6-9)10(2)14(16)17-12/h5,11-13H,2,4,6-8H2,1,3H3/b9-5+/t11-,12-,13?,15-/m0/s1. The van der Waals surface area contributed by atoms with E-state index in [4.69, 9.17) is 9.47 Å². The van der Waals surface area contributed by atoms with Crippen molar-refractivity contribution in [1.82, 2.24) is 0 Å². The van der Waals surface area contributed by atoms with Crippen LogP contribution in [0, 0.1) is 5.92 Å². The zero-order valence-electron chi connectivity index (χ0n) is 11.1. The molecular formula is C15H20O3. The van der Waals surface area contributed by atoms with Crippen LogP contribution in [0.4, 0.5) is 0 Å². The van der Waals surface area contributed by atoms with E-state index >= 15 is 0 Å². The Hall–Kier alpha value is -1.09. The molecule has 0 aromatic carbocycles. The molecule has 0 bridgehead atoms. The second-order valence-corrected chi connectivity index (χ2v) is 5.98. The predicted molar refractivity (Wildman–Crippen MR) is 68.0 cm³/mol. The first-order valence-electron chi connectivity index (χ1n) is 6.74. The summed E-state index contributed by atoms with van der Waals surface area (Å²) in [4.78, 5) is 11.7. The number of esters is 1.